The van der Waals surface area contributed by atoms with Gasteiger partial charge in [0.05, 0.1) is 0 Å². The van der Waals surface area contributed by atoms with Gasteiger partial charge < -0.3 is 30.2 Å². The fourth-order valence-corrected chi connectivity index (χ4v) is 8.71. The number of piperazine rings is 2. The average Bonchev–Trinajstić information content (AvgIpc) is 3.23. The Labute approximate surface area is 331 Å². The molecule has 6 amide bonds. The predicted octanol–water partition coefficient (Wildman–Crippen LogP) is 2.79. The number of anilines is 2. The maximum atomic E-state index is 13.6. The molecule has 4 aromatic carbocycles. The second-order valence-corrected chi connectivity index (χ2v) is 15.1. The average molecular weight is 773 g/mol. The Bertz CT molecular complexity index is 2090. The lowest BCUT2D eigenvalue weighted by molar-refractivity contribution is -0.129. The van der Waals surface area contributed by atoms with E-state index in [4.69, 9.17) is 0 Å². The Hall–Kier alpha value is -5.86. The molecule has 2 saturated heterocycles. The van der Waals surface area contributed by atoms with Crippen LogP contribution in [0.1, 0.15) is 61.7 Å². The van der Waals surface area contributed by atoms with Gasteiger partial charge in [-0.05, 0) is 55.9 Å². The number of hydrogen-bond acceptors (Lipinski definition) is 10. The van der Waals surface area contributed by atoms with E-state index >= 15 is 0 Å². The molecule has 296 valence electrons. The maximum absolute atomic E-state index is 13.6. The first-order chi connectivity index (χ1) is 27.6. The normalized spacial score (nSPS) is 17.1. The summed E-state index contributed by atoms with van der Waals surface area (Å²) < 4.78 is 0. The van der Waals surface area contributed by atoms with Crippen molar-refractivity contribution in [1.29, 1.82) is 0 Å². The number of carbonyl (C=O) groups is 6. The van der Waals surface area contributed by atoms with E-state index in [1.807, 2.05) is 58.3 Å². The molecular formula is C43H48N8O6. The van der Waals surface area contributed by atoms with Gasteiger partial charge in [-0.15, -0.1) is 0 Å². The Balaban J connectivity index is 0.798. The number of nitrogens with one attached hydrogen (secondary N) is 2. The van der Waals surface area contributed by atoms with Crippen molar-refractivity contribution < 1.29 is 28.8 Å². The summed E-state index contributed by atoms with van der Waals surface area (Å²) in [7, 11) is 0. The summed E-state index contributed by atoms with van der Waals surface area (Å²) in [5.74, 6) is -1.07. The number of hydrogen-bond donors (Lipinski definition) is 2. The number of nitrogens with zero attached hydrogens (tertiary/aromatic N) is 6. The SMILES string of the molecule is CC(=O)N1CCN(c2ccc3c4c(cccc24)C(=O)N(CCNCCCNCCN2C(=O)c4cccc5c(N6CCN(C(C)=O)CC6)ccc(c45)C2=O)C3=O)CC1. The number of imide groups is 2. The molecule has 0 aliphatic carbocycles. The van der Waals surface area contributed by atoms with Crippen LogP contribution in [0.3, 0.4) is 0 Å². The second kappa shape index (κ2) is 15.9. The van der Waals surface area contributed by atoms with Crippen molar-refractivity contribution in [2.75, 3.05) is 101 Å². The van der Waals surface area contributed by atoms with Crippen LogP contribution in [0.25, 0.3) is 21.5 Å². The second-order valence-electron chi connectivity index (χ2n) is 15.1. The van der Waals surface area contributed by atoms with Crippen LogP contribution in [0, 0.1) is 0 Å². The van der Waals surface area contributed by atoms with Crippen molar-refractivity contribution in [3.8, 4) is 0 Å². The van der Waals surface area contributed by atoms with Crippen molar-refractivity contribution in [3.63, 3.8) is 0 Å². The molecule has 14 heteroatoms. The van der Waals surface area contributed by atoms with Gasteiger partial charge in [-0.2, -0.15) is 0 Å². The zero-order chi connectivity index (χ0) is 39.8. The Kier molecular flexibility index (Phi) is 10.6. The summed E-state index contributed by atoms with van der Waals surface area (Å²) >= 11 is 0. The zero-order valence-electron chi connectivity index (χ0n) is 32.5. The highest BCUT2D eigenvalue weighted by atomic mass is 16.2. The number of benzene rings is 4. The van der Waals surface area contributed by atoms with Gasteiger partial charge in [0.2, 0.25) is 11.8 Å². The van der Waals surface area contributed by atoms with Crippen LogP contribution in [0.15, 0.2) is 60.7 Å². The van der Waals surface area contributed by atoms with Gasteiger partial charge in [-0.1, -0.05) is 24.3 Å². The van der Waals surface area contributed by atoms with Crippen LogP contribution in [0.4, 0.5) is 11.4 Å². The molecule has 2 N–H and O–H groups in total. The summed E-state index contributed by atoms with van der Waals surface area (Å²) in [4.78, 5) is 88.8. The molecule has 0 unspecified atom stereocenters. The van der Waals surface area contributed by atoms with Crippen molar-refractivity contribution in [3.05, 3.63) is 82.9 Å². The topological polar surface area (TPSA) is 146 Å². The first-order valence-electron chi connectivity index (χ1n) is 19.9. The van der Waals surface area contributed by atoms with Gasteiger partial charge in [-0.3, -0.25) is 38.6 Å². The van der Waals surface area contributed by atoms with Gasteiger partial charge in [0.1, 0.15) is 0 Å². The minimum absolute atomic E-state index is 0.0646. The number of carbonyl (C=O) groups excluding carboxylic acids is 6. The van der Waals surface area contributed by atoms with Crippen LogP contribution in [0.5, 0.6) is 0 Å². The molecule has 57 heavy (non-hydrogen) atoms. The first kappa shape index (κ1) is 38.0. The van der Waals surface area contributed by atoms with Gasteiger partial charge in [-0.25, -0.2) is 0 Å². The standard InChI is InChI=1S/C43H48N8O6/c1-28(52)46-20-24-48(25-21-46)36-12-10-34-38-30(36)6-3-8-32(38)40(54)50(42(34)56)18-16-44-14-5-15-45-17-19-51-41(55)33-9-4-7-31-37(13-11-35(39(31)33)43(51)57)49-26-22-47(23-27-49)29(2)53/h3-4,6-13,44-45H,5,14-27H2,1-2H3. The van der Waals surface area contributed by atoms with E-state index in [0.717, 1.165) is 28.6 Å². The van der Waals surface area contributed by atoms with Gasteiger partial charge >= 0.3 is 0 Å². The van der Waals surface area contributed by atoms with Crippen LogP contribution >= 0.6 is 0 Å². The molecule has 8 rings (SSSR count). The van der Waals surface area contributed by atoms with Gasteiger partial charge in [0, 0.05) is 148 Å². The lowest BCUT2D eigenvalue weighted by atomic mass is 9.92. The highest BCUT2D eigenvalue weighted by Gasteiger charge is 2.35. The molecule has 0 saturated carbocycles. The largest absolute Gasteiger partial charge is 0.367 e. The predicted molar refractivity (Wildman–Crippen MR) is 218 cm³/mol. The number of rotatable bonds is 12. The molecule has 0 aromatic heterocycles. The summed E-state index contributed by atoms with van der Waals surface area (Å²) in [5, 5.41) is 9.80. The van der Waals surface area contributed by atoms with Crippen LogP contribution < -0.4 is 20.4 Å². The van der Waals surface area contributed by atoms with E-state index in [0.29, 0.717) is 112 Å². The summed E-state index contributed by atoms with van der Waals surface area (Å²) in [5.41, 5.74) is 4.01. The minimum Gasteiger partial charge on any atom is -0.367 e. The van der Waals surface area contributed by atoms with Crippen molar-refractivity contribution >= 4 is 68.4 Å². The Morgan fingerprint density at radius 3 is 1.23 bits per heavy atom. The van der Waals surface area contributed by atoms with E-state index < -0.39 is 0 Å². The van der Waals surface area contributed by atoms with E-state index in [9.17, 15) is 28.8 Å². The smallest absolute Gasteiger partial charge is 0.261 e. The monoisotopic (exact) mass is 772 g/mol. The van der Waals surface area contributed by atoms with Gasteiger partial charge in [0.15, 0.2) is 0 Å². The molecule has 2 fully saturated rings. The Morgan fingerprint density at radius 1 is 0.491 bits per heavy atom. The van der Waals surface area contributed by atoms with Gasteiger partial charge in [0.25, 0.3) is 23.6 Å². The molecule has 4 heterocycles. The molecule has 14 nitrogen and oxygen atoms in total. The van der Waals surface area contributed by atoms with Crippen LogP contribution in [-0.2, 0) is 9.59 Å². The maximum Gasteiger partial charge on any atom is 0.261 e. The molecular weight excluding hydrogens is 725 g/mol. The molecule has 0 bridgehead atoms. The molecule has 4 aliphatic heterocycles. The molecule has 4 aromatic rings. The highest BCUT2D eigenvalue weighted by molar-refractivity contribution is 6.28. The molecule has 0 spiro atoms. The highest BCUT2D eigenvalue weighted by Crippen LogP contribution is 2.38. The summed E-state index contributed by atoms with van der Waals surface area (Å²) in [6.07, 6.45) is 0.765. The summed E-state index contributed by atoms with van der Waals surface area (Å²) in [6, 6.07) is 18.8. The quantitative estimate of drug-likeness (QED) is 0.163. The van der Waals surface area contributed by atoms with E-state index in [2.05, 4.69) is 20.4 Å². The third-order valence-corrected chi connectivity index (χ3v) is 11.8. The van der Waals surface area contributed by atoms with E-state index in [1.54, 1.807) is 26.0 Å². The third-order valence-electron chi connectivity index (χ3n) is 11.8. The fraction of sp³-hybridized carbons (Fsp3) is 0.395. The number of amides is 6. The minimum atomic E-state index is -0.301. The van der Waals surface area contributed by atoms with Crippen molar-refractivity contribution in [2.45, 2.75) is 20.3 Å². The third kappa shape index (κ3) is 7.08. The molecule has 0 radical (unpaired) electrons. The van der Waals surface area contributed by atoms with E-state index in [1.165, 1.54) is 9.80 Å². The Morgan fingerprint density at radius 2 is 0.860 bits per heavy atom. The lowest BCUT2D eigenvalue weighted by Crippen LogP contribution is -2.48. The fourth-order valence-electron chi connectivity index (χ4n) is 8.71. The molecule has 0 atom stereocenters. The van der Waals surface area contributed by atoms with Crippen LogP contribution in [0.2, 0.25) is 0 Å². The van der Waals surface area contributed by atoms with Crippen molar-refractivity contribution in [1.82, 2.24) is 30.2 Å². The van der Waals surface area contributed by atoms with Crippen LogP contribution in [-0.4, -0.2) is 147 Å². The van der Waals surface area contributed by atoms with E-state index in [-0.39, 0.29) is 48.5 Å². The first-order valence-corrected chi connectivity index (χ1v) is 19.9. The lowest BCUT2D eigenvalue weighted by Gasteiger charge is -2.37. The molecule has 4 aliphatic rings. The zero-order valence-corrected chi connectivity index (χ0v) is 32.5. The van der Waals surface area contributed by atoms with Crippen molar-refractivity contribution in [2.24, 2.45) is 0 Å². The summed E-state index contributed by atoms with van der Waals surface area (Å²) in [6.45, 7) is 11.1.